The second-order valence-electron chi connectivity index (χ2n) is 7.04. The molecule has 3 aromatic rings. The second-order valence-corrected chi connectivity index (χ2v) is 7.48. The lowest BCUT2D eigenvalue weighted by atomic mass is 10.1. The van der Waals surface area contributed by atoms with Crippen LogP contribution >= 0.6 is 11.6 Å². The fraction of sp³-hybridized carbons (Fsp3) is 0.227. The molecule has 6 heteroatoms. The summed E-state index contributed by atoms with van der Waals surface area (Å²) in [6, 6.07) is 11.3. The Morgan fingerprint density at radius 1 is 1.14 bits per heavy atom. The summed E-state index contributed by atoms with van der Waals surface area (Å²) in [6.45, 7) is 4.38. The first-order valence-electron chi connectivity index (χ1n) is 9.12. The number of nitrogens with zero attached hydrogens (tertiary/aromatic N) is 2. The third-order valence-electron chi connectivity index (χ3n) is 4.64. The van der Waals surface area contributed by atoms with Crippen LogP contribution < -0.4 is 10.1 Å². The number of aromatic nitrogens is 2. The predicted molar refractivity (Wildman–Crippen MR) is 109 cm³/mol. The molecule has 1 aliphatic heterocycles. The number of carbonyl (C=O) groups is 1. The molecule has 142 valence electrons. The van der Waals surface area contributed by atoms with Gasteiger partial charge in [0, 0.05) is 35.0 Å². The Morgan fingerprint density at radius 2 is 1.86 bits per heavy atom. The molecule has 5 nitrogen and oxygen atoms in total. The maximum absolute atomic E-state index is 12.5. The summed E-state index contributed by atoms with van der Waals surface area (Å²) in [5.41, 5.74) is 4.56. The van der Waals surface area contributed by atoms with Gasteiger partial charge in [0.25, 0.3) is 5.91 Å². The zero-order chi connectivity index (χ0) is 19.7. The van der Waals surface area contributed by atoms with Crippen molar-refractivity contribution >= 4 is 17.5 Å². The van der Waals surface area contributed by atoms with E-state index in [9.17, 15) is 4.79 Å². The molecule has 1 aliphatic rings. The zero-order valence-electron chi connectivity index (χ0n) is 15.7. The molecule has 0 radical (unpaired) electrons. The minimum absolute atomic E-state index is 0.101. The SMILES string of the molecule is Cc1cc(C)cc(C(=O)NC[C@@H]2Cc3cc(Cl)cc(-c4ncccn4)c3O2)c1. The smallest absolute Gasteiger partial charge is 0.251 e. The minimum atomic E-state index is -0.161. The summed E-state index contributed by atoms with van der Waals surface area (Å²) < 4.78 is 6.13. The molecule has 1 atom stereocenters. The van der Waals surface area contributed by atoms with Gasteiger partial charge >= 0.3 is 0 Å². The second kappa shape index (κ2) is 7.60. The van der Waals surface area contributed by atoms with Crippen LogP contribution in [0.4, 0.5) is 0 Å². The highest BCUT2D eigenvalue weighted by Crippen LogP contribution is 2.39. The Balaban J connectivity index is 1.49. The van der Waals surface area contributed by atoms with Crippen molar-refractivity contribution in [3.05, 3.63) is 76.1 Å². The summed E-state index contributed by atoms with van der Waals surface area (Å²) in [5, 5.41) is 3.59. The molecular weight excluding hydrogens is 374 g/mol. The van der Waals surface area contributed by atoms with Gasteiger partial charge in [-0.1, -0.05) is 28.8 Å². The first-order chi connectivity index (χ1) is 13.5. The molecule has 0 aliphatic carbocycles. The quantitative estimate of drug-likeness (QED) is 0.723. The van der Waals surface area contributed by atoms with Crippen LogP contribution in [0.1, 0.15) is 27.0 Å². The molecule has 1 aromatic heterocycles. The number of hydrogen-bond donors (Lipinski definition) is 1. The van der Waals surface area contributed by atoms with Crippen molar-refractivity contribution in [2.24, 2.45) is 0 Å². The zero-order valence-corrected chi connectivity index (χ0v) is 16.5. The molecular formula is C22H20ClN3O2. The number of fused-ring (bicyclic) bond motifs is 1. The van der Waals surface area contributed by atoms with Gasteiger partial charge in [0.1, 0.15) is 11.9 Å². The van der Waals surface area contributed by atoms with E-state index in [1.165, 1.54) is 0 Å². The summed E-state index contributed by atoms with van der Waals surface area (Å²) in [5.74, 6) is 1.21. The number of amides is 1. The summed E-state index contributed by atoms with van der Waals surface area (Å²) in [6.07, 6.45) is 3.88. The average Bonchev–Trinajstić information content (AvgIpc) is 3.08. The van der Waals surface area contributed by atoms with E-state index in [-0.39, 0.29) is 12.0 Å². The lowest BCUT2D eigenvalue weighted by molar-refractivity contribution is 0.0933. The average molecular weight is 394 g/mol. The van der Waals surface area contributed by atoms with E-state index in [0.29, 0.717) is 29.4 Å². The monoisotopic (exact) mass is 393 g/mol. The Morgan fingerprint density at radius 3 is 2.57 bits per heavy atom. The number of nitrogens with one attached hydrogen (secondary N) is 1. The number of rotatable bonds is 4. The third kappa shape index (κ3) is 3.85. The lowest BCUT2D eigenvalue weighted by Crippen LogP contribution is -2.34. The number of carbonyl (C=O) groups excluding carboxylic acids is 1. The van der Waals surface area contributed by atoms with Crippen LogP contribution in [0.3, 0.4) is 0 Å². The van der Waals surface area contributed by atoms with Crippen LogP contribution in [0, 0.1) is 13.8 Å². The fourth-order valence-corrected chi connectivity index (χ4v) is 3.77. The summed E-state index contributed by atoms with van der Waals surface area (Å²) in [4.78, 5) is 21.1. The maximum Gasteiger partial charge on any atom is 0.251 e. The molecule has 0 unspecified atom stereocenters. The third-order valence-corrected chi connectivity index (χ3v) is 4.86. The molecule has 0 bridgehead atoms. The molecule has 1 N–H and O–H groups in total. The first kappa shape index (κ1) is 18.4. The maximum atomic E-state index is 12.5. The Labute approximate surface area is 168 Å². The molecule has 2 aromatic carbocycles. The van der Waals surface area contributed by atoms with Crippen LogP contribution in [-0.4, -0.2) is 28.5 Å². The molecule has 0 saturated heterocycles. The number of halogens is 1. The van der Waals surface area contributed by atoms with Crippen LogP contribution in [0.15, 0.2) is 48.8 Å². The van der Waals surface area contributed by atoms with Crippen LogP contribution in [0.5, 0.6) is 5.75 Å². The van der Waals surface area contributed by atoms with Gasteiger partial charge in [-0.3, -0.25) is 4.79 Å². The van der Waals surface area contributed by atoms with Crippen LogP contribution in [0.2, 0.25) is 5.02 Å². The topological polar surface area (TPSA) is 64.1 Å². The Bertz CT molecular complexity index is 1020. The van der Waals surface area contributed by atoms with Gasteiger partial charge in [0.05, 0.1) is 12.1 Å². The van der Waals surface area contributed by atoms with Crippen molar-refractivity contribution in [1.29, 1.82) is 0 Å². The van der Waals surface area contributed by atoms with E-state index >= 15 is 0 Å². The van der Waals surface area contributed by atoms with Crippen LogP contribution in [0.25, 0.3) is 11.4 Å². The molecule has 2 heterocycles. The molecule has 28 heavy (non-hydrogen) atoms. The van der Waals surface area contributed by atoms with E-state index in [0.717, 1.165) is 28.0 Å². The Kier molecular flexibility index (Phi) is 5.01. The van der Waals surface area contributed by atoms with Crippen molar-refractivity contribution in [1.82, 2.24) is 15.3 Å². The minimum Gasteiger partial charge on any atom is -0.487 e. The van der Waals surface area contributed by atoms with Crippen molar-refractivity contribution in [3.8, 4) is 17.1 Å². The first-order valence-corrected chi connectivity index (χ1v) is 9.50. The predicted octanol–water partition coefficient (Wildman–Crippen LogP) is 4.15. The van der Waals surface area contributed by atoms with E-state index in [4.69, 9.17) is 16.3 Å². The van der Waals surface area contributed by atoms with Crippen molar-refractivity contribution in [3.63, 3.8) is 0 Å². The van der Waals surface area contributed by atoms with Gasteiger partial charge in [0.15, 0.2) is 5.82 Å². The van der Waals surface area contributed by atoms with Crippen molar-refractivity contribution in [2.75, 3.05) is 6.54 Å². The van der Waals surface area contributed by atoms with E-state index in [2.05, 4.69) is 15.3 Å². The van der Waals surface area contributed by atoms with Crippen LogP contribution in [-0.2, 0) is 6.42 Å². The highest BCUT2D eigenvalue weighted by molar-refractivity contribution is 6.31. The lowest BCUT2D eigenvalue weighted by Gasteiger charge is -2.14. The van der Waals surface area contributed by atoms with Crippen molar-refractivity contribution < 1.29 is 9.53 Å². The standard InChI is InChI=1S/C22H20ClN3O2/c1-13-6-14(2)8-16(7-13)22(27)26-12-18-10-15-9-17(23)11-19(20(15)28-18)21-24-4-3-5-25-21/h3-9,11,18H,10,12H2,1-2H3,(H,26,27)/t18-/m0/s1. The Hall–Kier alpha value is -2.92. The summed E-state index contributed by atoms with van der Waals surface area (Å²) >= 11 is 6.28. The highest BCUT2D eigenvalue weighted by atomic mass is 35.5. The highest BCUT2D eigenvalue weighted by Gasteiger charge is 2.28. The van der Waals surface area contributed by atoms with Gasteiger partial charge in [-0.25, -0.2) is 9.97 Å². The van der Waals surface area contributed by atoms with Crippen molar-refractivity contribution in [2.45, 2.75) is 26.4 Å². The number of aryl methyl sites for hydroxylation is 2. The number of benzene rings is 2. The molecule has 1 amide bonds. The number of hydrogen-bond acceptors (Lipinski definition) is 4. The largest absolute Gasteiger partial charge is 0.487 e. The van der Waals surface area contributed by atoms with E-state index in [1.807, 2.05) is 44.2 Å². The molecule has 0 fully saturated rings. The number of ether oxygens (including phenoxy) is 1. The molecule has 4 rings (SSSR count). The van der Waals surface area contributed by atoms with Gasteiger partial charge in [-0.05, 0) is 44.2 Å². The molecule has 0 saturated carbocycles. The van der Waals surface area contributed by atoms with E-state index < -0.39 is 0 Å². The van der Waals surface area contributed by atoms with Gasteiger partial charge in [-0.15, -0.1) is 0 Å². The fourth-order valence-electron chi connectivity index (χ4n) is 3.53. The normalized spacial score (nSPS) is 15.0. The van der Waals surface area contributed by atoms with Gasteiger partial charge in [-0.2, -0.15) is 0 Å². The van der Waals surface area contributed by atoms with E-state index in [1.54, 1.807) is 18.5 Å². The summed E-state index contributed by atoms with van der Waals surface area (Å²) in [7, 11) is 0. The van der Waals surface area contributed by atoms with Gasteiger partial charge < -0.3 is 10.1 Å². The van der Waals surface area contributed by atoms with Gasteiger partial charge in [0.2, 0.25) is 0 Å². The molecule has 0 spiro atoms.